The highest BCUT2D eigenvalue weighted by Gasteiger charge is 2.53. The minimum Gasteiger partial charge on any atom is -0.360 e. The lowest BCUT2D eigenvalue weighted by molar-refractivity contribution is -0.140. The van der Waals surface area contributed by atoms with E-state index in [9.17, 15) is 34.8 Å². The van der Waals surface area contributed by atoms with Crippen molar-refractivity contribution in [3.63, 3.8) is 0 Å². The Bertz CT molecular complexity index is 1110. The second-order valence-corrected chi connectivity index (χ2v) is 10.7. The number of alkyl halides is 6. The lowest BCUT2D eigenvalue weighted by atomic mass is 9.85. The van der Waals surface area contributed by atoms with E-state index in [0.29, 0.717) is 11.8 Å². The maximum absolute atomic E-state index is 15.1. The molecular weight excluding hydrogens is 481 g/mol. The van der Waals surface area contributed by atoms with Crippen LogP contribution in [0, 0.1) is 11.2 Å². The molecule has 2 aromatic rings. The summed E-state index contributed by atoms with van der Waals surface area (Å²) in [4.78, 5) is 8.04. The normalized spacial score (nSPS) is 18.8. The van der Waals surface area contributed by atoms with Crippen molar-refractivity contribution in [1.29, 1.82) is 0 Å². The second kappa shape index (κ2) is 8.15. The number of aromatic amines is 1. The van der Waals surface area contributed by atoms with E-state index >= 15 is 4.39 Å². The van der Waals surface area contributed by atoms with Crippen LogP contribution in [-0.4, -0.2) is 40.8 Å². The molecule has 1 aromatic carbocycles. The first kappa shape index (κ1) is 25.3. The molecule has 0 saturated carbocycles. The van der Waals surface area contributed by atoms with Gasteiger partial charge in [0, 0.05) is 36.6 Å². The van der Waals surface area contributed by atoms with Crippen molar-refractivity contribution in [2.24, 2.45) is 5.41 Å². The van der Waals surface area contributed by atoms with Gasteiger partial charge in [-0.3, -0.25) is 0 Å². The fraction of sp³-hybridized carbons (Fsp3) is 0.526. The Morgan fingerprint density at radius 1 is 1.12 bits per heavy atom. The number of anilines is 1. The summed E-state index contributed by atoms with van der Waals surface area (Å²) in [5.74, 6) is -1.81. The summed E-state index contributed by atoms with van der Waals surface area (Å²) in [5, 5.41) is 0. The highest BCUT2D eigenvalue weighted by molar-refractivity contribution is 7.89. The first-order valence-corrected chi connectivity index (χ1v) is 11.1. The maximum atomic E-state index is 15.1. The molecule has 1 aliphatic heterocycles. The third kappa shape index (κ3) is 4.81. The SMILES string of the molecule is CC(C)(C)C1CN(S(=O)(=O)C(F)(F)F)Cc2c(ccc(C(F)(F)F)c2F)N1Cc1cnc[nH]1. The van der Waals surface area contributed by atoms with Gasteiger partial charge in [-0.1, -0.05) is 20.8 Å². The van der Waals surface area contributed by atoms with Crippen molar-refractivity contribution in [3.05, 3.63) is 47.3 Å². The molecule has 0 bridgehead atoms. The molecule has 0 spiro atoms. The van der Waals surface area contributed by atoms with E-state index < -0.39 is 63.2 Å². The van der Waals surface area contributed by atoms with Gasteiger partial charge >= 0.3 is 21.7 Å². The minimum atomic E-state index is -5.97. The van der Waals surface area contributed by atoms with E-state index in [0.717, 1.165) is 6.07 Å². The van der Waals surface area contributed by atoms with E-state index in [1.807, 2.05) is 0 Å². The molecule has 1 atom stereocenters. The van der Waals surface area contributed by atoms with Crippen LogP contribution in [0.3, 0.4) is 0 Å². The molecule has 184 valence electrons. The zero-order valence-corrected chi connectivity index (χ0v) is 18.5. The largest absolute Gasteiger partial charge is 0.511 e. The van der Waals surface area contributed by atoms with Crippen LogP contribution in [0.1, 0.15) is 37.6 Å². The number of fused-ring (bicyclic) bond motifs is 1. The Morgan fingerprint density at radius 3 is 2.24 bits per heavy atom. The number of benzene rings is 1. The Labute approximate surface area is 185 Å². The molecule has 0 amide bonds. The first-order valence-electron chi connectivity index (χ1n) is 9.63. The first-order chi connectivity index (χ1) is 14.9. The zero-order valence-electron chi connectivity index (χ0n) is 17.7. The molecule has 1 aromatic heterocycles. The van der Waals surface area contributed by atoms with Gasteiger partial charge in [0.15, 0.2) is 0 Å². The van der Waals surface area contributed by atoms with Crippen LogP contribution in [-0.2, 0) is 29.3 Å². The minimum absolute atomic E-state index is 0.00204. The number of nitrogens with one attached hydrogen (secondary N) is 1. The lowest BCUT2D eigenvalue weighted by Gasteiger charge is -2.42. The summed E-state index contributed by atoms with van der Waals surface area (Å²) in [6.45, 7) is 2.90. The molecule has 6 nitrogen and oxygen atoms in total. The van der Waals surface area contributed by atoms with Gasteiger partial charge in [0.1, 0.15) is 5.82 Å². The highest BCUT2D eigenvalue weighted by atomic mass is 32.2. The van der Waals surface area contributed by atoms with Gasteiger partial charge in [-0.15, -0.1) is 0 Å². The summed E-state index contributed by atoms with van der Waals surface area (Å²) in [6, 6.07) is 0.497. The van der Waals surface area contributed by atoms with E-state index in [1.54, 1.807) is 20.8 Å². The number of sulfonamides is 1. The van der Waals surface area contributed by atoms with Gasteiger partial charge in [0.25, 0.3) is 0 Å². The molecule has 33 heavy (non-hydrogen) atoms. The van der Waals surface area contributed by atoms with Crippen molar-refractivity contribution in [1.82, 2.24) is 14.3 Å². The summed E-state index contributed by atoms with van der Waals surface area (Å²) >= 11 is 0. The maximum Gasteiger partial charge on any atom is 0.511 e. The van der Waals surface area contributed by atoms with Crippen molar-refractivity contribution >= 4 is 15.7 Å². The summed E-state index contributed by atoms with van der Waals surface area (Å²) in [6.07, 6.45) is -2.40. The van der Waals surface area contributed by atoms with Crippen molar-refractivity contribution in [2.45, 2.75) is 51.6 Å². The molecule has 1 aliphatic rings. The number of halogens is 7. The van der Waals surface area contributed by atoms with Crippen LogP contribution in [0.15, 0.2) is 24.7 Å². The standard InChI is InChI=1S/C19H21F7N4O2S/c1-17(2,3)15-9-29(33(31,32)19(24,25)26)8-12-14(30(15)7-11-6-27-10-28-11)5-4-13(16(12)20)18(21,22)23/h4-6,10,15H,7-9H2,1-3H3,(H,27,28). The average molecular weight is 502 g/mol. The van der Waals surface area contributed by atoms with Crippen LogP contribution in [0.2, 0.25) is 0 Å². The molecular formula is C19H21F7N4O2S. The van der Waals surface area contributed by atoms with Crippen molar-refractivity contribution in [3.8, 4) is 0 Å². The number of aromatic nitrogens is 2. The van der Waals surface area contributed by atoms with E-state index in [1.165, 1.54) is 17.4 Å². The fourth-order valence-electron chi connectivity index (χ4n) is 3.77. The van der Waals surface area contributed by atoms with Crippen molar-refractivity contribution < 1.29 is 39.2 Å². The van der Waals surface area contributed by atoms with E-state index in [4.69, 9.17) is 0 Å². The second-order valence-electron chi connectivity index (χ2n) is 8.75. The molecule has 3 rings (SSSR count). The fourth-order valence-corrected chi connectivity index (χ4v) is 4.70. The monoisotopic (exact) mass is 502 g/mol. The summed E-state index contributed by atoms with van der Waals surface area (Å²) < 4.78 is 120. The molecule has 1 N–H and O–H groups in total. The Morgan fingerprint density at radius 2 is 1.76 bits per heavy atom. The Hall–Kier alpha value is -2.35. The third-order valence-corrected chi connectivity index (χ3v) is 6.99. The van der Waals surface area contributed by atoms with Gasteiger partial charge in [0.05, 0.1) is 24.1 Å². The van der Waals surface area contributed by atoms with Crippen LogP contribution in [0.5, 0.6) is 0 Å². The number of rotatable bonds is 3. The molecule has 0 saturated heterocycles. The van der Waals surface area contributed by atoms with Gasteiger partial charge in [-0.05, 0) is 17.5 Å². The predicted molar refractivity (Wildman–Crippen MR) is 105 cm³/mol. The van der Waals surface area contributed by atoms with Crippen LogP contribution < -0.4 is 4.90 Å². The number of hydrogen-bond donors (Lipinski definition) is 1. The smallest absolute Gasteiger partial charge is 0.360 e. The molecule has 14 heteroatoms. The number of imidazole rings is 1. The van der Waals surface area contributed by atoms with Gasteiger partial charge in [-0.25, -0.2) is 17.8 Å². The average Bonchev–Trinajstić information content (AvgIpc) is 3.08. The Kier molecular flexibility index (Phi) is 6.24. The number of nitrogens with zero attached hydrogens (tertiary/aromatic N) is 3. The van der Waals surface area contributed by atoms with Crippen LogP contribution in [0.25, 0.3) is 0 Å². The van der Waals surface area contributed by atoms with E-state index in [2.05, 4.69) is 9.97 Å². The molecule has 2 heterocycles. The predicted octanol–water partition coefficient (Wildman–Crippen LogP) is 4.65. The molecule has 0 radical (unpaired) electrons. The molecule has 0 fully saturated rings. The zero-order chi connectivity index (χ0) is 25.0. The molecule has 1 unspecified atom stereocenters. The van der Waals surface area contributed by atoms with Gasteiger partial charge < -0.3 is 9.88 Å². The summed E-state index contributed by atoms with van der Waals surface area (Å²) in [5.41, 5.74) is -8.74. The number of hydrogen-bond acceptors (Lipinski definition) is 4. The Balaban J connectivity index is 2.29. The highest BCUT2D eigenvalue weighted by Crippen LogP contribution is 2.43. The van der Waals surface area contributed by atoms with E-state index in [-0.39, 0.29) is 16.5 Å². The lowest BCUT2D eigenvalue weighted by Crippen LogP contribution is -2.52. The molecule has 0 aliphatic carbocycles. The van der Waals surface area contributed by atoms with Crippen LogP contribution in [0.4, 0.5) is 36.4 Å². The van der Waals surface area contributed by atoms with Gasteiger partial charge in [0.2, 0.25) is 0 Å². The quantitative estimate of drug-likeness (QED) is 0.621. The topological polar surface area (TPSA) is 69.3 Å². The van der Waals surface area contributed by atoms with Crippen LogP contribution >= 0.6 is 0 Å². The summed E-state index contributed by atoms with van der Waals surface area (Å²) in [7, 11) is -5.97. The number of H-pyrrole nitrogens is 1. The third-order valence-electron chi connectivity index (χ3n) is 5.45. The van der Waals surface area contributed by atoms with Gasteiger partial charge in [-0.2, -0.15) is 30.6 Å². The van der Waals surface area contributed by atoms with Crippen molar-refractivity contribution in [2.75, 3.05) is 11.4 Å².